The lowest BCUT2D eigenvalue weighted by atomic mass is 10.1. The fraction of sp³-hybridized carbons (Fsp3) is 0.0455. The minimum Gasteiger partial charge on any atom is -0.224 e. The quantitative estimate of drug-likeness (QED) is 0.356. The van der Waals surface area contributed by atoms with Crippen LogP contribution in [0.1, 0.15) is 0 Å². The predicted molar refractivity (Wildman–Crippen MR) is 123 cm³/mol. The van der Waals surface area contributed by atoms with Gasteiger partial charge in [0.1, 0.15) is 5.82 Å². The van der Waals surface area contributed by atoms with Crippen molar-refractivity contribution in [2.75, 3.05) is 6.26 Å². The van der Waals surface area contributed by atoms with E-state index in [1.807, 2.05) is 0 Å². The summed E-state index contributed by atoms with van der Waals surface area (Å²) < 4.78 is 64.5. The van der Waals surface area contributed by atoms with Crippen molar-refractivity contribution in [1.82, 2.24) is 4.98 Å². The molecule has 5 nitrogen and oxygen atoms in total. The number of hydrogen-bond acceptors (Lipinski definition) is 6. The monoisotopic (exact) mass is 507 g/mol. The van der Waals surface area contributed by atoms with Gasteiger partial charge in [-0.3, -0.25) is 0 Å². The number of nitrogens with zero attached hydrogens (tertiary/aromatic N) is 1. The second-order valence-corrected chi connectivity index (χ2v) is 12.4. The molecule has 0 bridgehead atoms. The highest BCUT2D eigenvalue weighted by Gasteiger charge is 2.28. The van der Waals surface area contributed by atoms with Crippen LogP contribution in [0.2, 0.25) is 5.02 Å². The Morgan fingerprint density at radius 3 is 2.12 bits per heavy atom. The van der Waals surface area contributed by atoms with Gasteiger partial charge in [-0.2, -0.15) is 0 Å². The molecular formula is C22H15ClFNO4S3. The first kappa shape index (κ1) is 22.6. The Morgan fingerprint density at radius 1 is 0.875 bits per heavy atom. The molecule has 1 aromatic heterocycles. The second-order valence-electron chi connectivity index (χ2n) is 6.89. The van der Waals surface area contributed by atoms with Crippen LogP contribution in [-0.2, 0) is 19.7 Å². The van der Waals surface area contributed by atoms with Gasteiger partial charge in [0.25, 0.3) is 0 Å². The molecule has 0 fully saturated rings. The summed E-state index contributed by atoms with van der Waals surface area (Å²) in [5, 5.41) is 0.387. The summed E-state index contributed by atoms with van der Waals surface area (Å²) in [6, 6.07) is 17.4. The fourth-order valence-corrected chi connectivity index (χ4v) is 6.81. The lowest BCUT2D eigenvalue weighted by molar-refractivity contribution is 0.595. The van der Waals surface area contributed by atoms with Crippen LogP contribution in [0.15, 0.2) is 86.9 Å². The highest BCUT2D eigenvalue weighted by Crippen LogP contribution is 2.42. The molecular weight excluding hydrogens is 493 g/mol. The molecule has 0 spiro atoms. The number of benzene rings is 3. The molecule has 0 aliphatic rings. The first-order valence-electron chi connectivity index (χ1n) is 9.14. The Kier molecular flexibility index (Phi) is 5.93. The summed E-state index contributed by atoms with van der Waals surface area (Å²) >= 11 is 6.76. The molecule has 3 aromatic carbocycles. The van der Waals surface area contributed by atoms with Gasteiger partial charge in [-0.15, -0.1) is 11.3 Å². The van der Waals surface area contributed by atoms with Crippen LogP contribution in [0.5, 0.6) is 0 Å². The third kappa shape index (κ3) is 4.33. The van der Waals surface area contributed by atoms with E-state index in [-0.39, 0.29) is 25.4 Å². The summed E-state index contributed by atoms with van der Waals surface area (Å²) in [4.78, 5) is 4.80. The minimum absolute atomic E-state index is 0.00394. The van der Waals surface area contributed by atoms with Crippen molar-refractivity contribution in [3.05, 3.63) is 83.6 Å². The van der Waals surface area contributed by atoms with Gasteiger partial charge in [-0.1, -0.05) is 41.9 Å². The van der Waals surface area contributed by atoms with Gasteiger partial charge in [-0.25, -0.2) is 26.2 Å². The average molecular weight is 508 g/mol. The van der Waals surface area contributed by atoms with Gasteiger partial charge in [0.15, 0.2) is 9.84 Å². The third-order valence-corrected chi connectivity index (χ3v) is 9.27. The molecule has 0 N–H and O–H groups in total. The molecule has 4 aromatic rings. The zero-order valence-electron chi connectivity index (χ0n) is 16.5. The molecule has 164 valence electrons. The van der Waals surface area contributed by atoms with Gasteiger partial charge < -0.3 is 0 Å². The maximum Gasteiger partial charge on any atom is 0.233 e. The van der Waals surface area contributed by atoms with E-state index in [4.69, 9.17) is 11.6 Å². The van der Waals surface area contributed by atoms with Crippen molar-refractivity contribution < 1.29 is 21.2 Å². The topological polar surface area (TPSA) is 81.2 Å². The molecule has 0 saturated carbocycles. The van der Waals surface area contributed by atoms with E-state index < -0.39 is 25.5 Å². The molecule has 10 heteroatoms. The summed E-state index contributed by atoms with van der Waals surface area (Å²) in [6.07, 6.45) is 1.07. The van der Waals surface area contributed by atoms with E-state index in [1.54, 1.807) is 18.2 Å². The normalized spacial score (nSPS) is 12.1. The Bertz CT molecular complexity index is 1510. The van der Waals surface area contributed by atoms with E-state index in [0.717, 1.165) is 17.6 Å². The number of sulfone groups is 2. The van der Waals surface area contributed by atoms with Crippen LogP contribution in [0.25, 0.3) is 21.7 Å². The fourth-order valence-electron chi connectivity index (χ4n) is 3.10. The number of thiazole rings is 1. The van der Waals surface area contributed by atoms with Gasteiger partial charge in [0, 0.05) is 16.8 Å². The molecule has 1 heterocycles. The lowest BCUT2D eigenvalue weighted by Gasteiger charge is -2.08. The number of aromatic nitrogens is 1. The minimum atomic E-state index is -4.00. The van der Waals surface area contributed by atoms with Crippen LogP contribution in [-0.4, -0.2) is 28.1 Å². The Morgan fingerprint density at radius 2 is 1.50 bits per heavy atom. The molecule has 0 aliphatic heterocycles. The number of rotatable bonds is 5. The van der Waals surface area contributed by atoms with E-state index in [0.29, 0.717) is 15.5 Å². The number of hydrogen-bond donors (Lipinski definition) is 0. The zero-order valence-corrected chi connectivity index (χ0v) is 19.7. The van der Waals surface area contributed by atoms with E-state index in [1.165, 1.54) is 54.6 Å². The standard InChI is InChI=1S/C22H15ClFNO4S3/c1-31(26,27)19-5-3-2-4-18(19)20-21(14-6-10-16(24)11-7-14)30-22(25-20)32(28,29)17-12-8-15(23)9-13-17/h2-13H,1H3. The molecule has 0 amide bonds. The first-order valence-corrected chi connectivity index (χ1v) is 13.7. The smallest absolute Gasteiger partial charge is 0.224 e. The summed E-state index contributed by atoms with van der Waals surface area (Å²) in [5.41, 5.74) is 0.970. The van der Waals surface area contributed by atoms with Crippen molar-refractivity contribution in [3.63, 3.8) is 0 Å². The van der Waals surface area contributed by atoms with Crippen LogP contribution >= 0.6 is 22.9 Å². The lowest BCUT2D eigenvalue weighted by Crippen LogP contribution is -2.02. The van der Waals surface area contributed by atoms with Crippen molar-refractivity contribution in [2.24, 2.45) is 0 Å². The Labute approximate surface area is 194 Å². The first-order chi connectivity index (χ1) is 15.1. The summed E-state index contributed by atoms with van der Waals surface area (Å²) in [7, 11) is -7.63. The third-order valence-electron chi connectivity index (χ3n) is 4.61. The molecule has 0 saturated heterocycles. The van der Waals surface area contributed by atoms with Gasteiger partial charge in [0.2, 0.25) is 14.2 Å². The molecule has 4 rings (SSSR count). The maximum atomic E-state index is 13.5. The largest absolute Gasteiger partial charge is 0.233 e. The zero-order chi connectivity index (χ0) is 23.1. The highest BCUT2D eigenvalue weighted by atomic mass is 35.5. The van der Waals surface area contributed by atoms with Gasteiger partial charge in [-0.05, 0) is 48.0 Å². The number of halogens is 2. The van der Waals surface area contributed by atoms with Crippen molar-refractivity contribution >= 4 is 42.6 Å². The van der Waals surface area contributed by atoms with Gasteiger partial charge >= 0.3 is 0 Å². The molecule has 32 heavy (non-hydrogen) atoms. The highest BCUT2D eigenvalue weighted by molar-refractivity contribution is 7.93. The van der Waals surface area contributed by atoms with Crippen LogP contribution in [0.4, 0.5) is 4.39 Å². The van der Waals surface area contributed by atoms with Crippen molar-refractivity contribution in [1.29, 1.82) is 0 Å². The van der Waals surface area contributed by atoms with Crippen LogP contribution in [0.3, 0.4) is 0 Å². The van der Waals surface area contributed by atoms with Crippen molar-refractivity contribution in [3.8, 4) is 21.7 Å². The van der Waals surface area contributed by atoms with Crippen molar-refractivity contribution in [2.45, 2.75) is 14.1 Å². The van der Waals surface area contributed by atoms with Gasteiger partial charge in [0.05, 0.1) is 20.4 Å². The average Bonchev–Trinajstić information content (AvgIpc) is 3.20. The Balaban J connectivity index is 1.99. The van der Waals surface area contributed by atoms with E-state index in [9.17, 15) is 21.2 Å². The predicted octanol–water partition coefficient (Wildman–Crippen LogP) is 5.51. The maximum absolute atomic E-state index is 13.5. The SMILES string of the molecule is CS(=O)(=O)c1ccccc1-c1nc(S(=O)(=O)c2ccc(Cl)cc2)sc1-c1ccc(F)cc1. The van der Waals surface area contributed by atoms with Crippen LogP contribution in [0, 0.1) is 5.82 Å². The Hall–Kier alpha value is -2.59. The van der Waals surface area contributed by atoms with E-state index in [2.05, 4.69) is 4.98 Å². The van der Waals surface area contributed by atoms with E-state index >= 15 is 0 Å². The molecule has 0 unspecified atom stereocenters. The summed E-state index contributed by atoms with van der Waals surface area (Å²) in [5.74, 6) is -0.453. The second kappa shape index (κ2) is 8.40. The summed E-state index contributed by atoms with van der Waals surface area (Å²) in [6.45, 7) is 0. The molecule has 0 aliphatic carbocycles. The molecule has 0 atom stereocenters. The molecule has 0 radical (unpaired) electrons. The van der Waals surface area contributed by atoms with Crippen LogP contribution < -0.4 is 0 Å².